The van der Waals surface area contributed by atoms with E-state index in [1.807, 2.05) is 0 Å². The summed E-state index contributed by atoms with van der Waals surface area (Å²) in [6, 6.07) is 0.820. The number of nitrogens with zero attached hydrogens (tertiary/aromatic N) is 2. The van der Waals surface area contributed by atoms with Crippen LogP contribution in [0.3, 0.4) is 0 Å². The van der Waals surface area contributed by atoms with Gasteiger partial charge in [-0.05, 0) is 25.8 Å². The van der Waals surface area contributed by atoms with E-state index in [0.717, 1.165) is 12.3 Å². The van der Waals surface area contributed by atoms with E-state index < -0.39 is 18.0 Å². The lowest BCUT2D eigenvalue weighted by Crippen LogP contribution is -2.13. The number of aliphatic hydroxyl groups excluding tert-OH is 1. The molecule has 0 bridgehead atoms. The van der Waals surface area contributed by atoms with E-state index in [2.05, 4.69) is 15.3 Å². The number of nitrogens with one attached hydrogen (secondary N) is 1. The maximum Gasteiger partial charge on any atom is 0.433 e. The summed E-state index contributed by atoms with van der Waals surface area (Å²) in [5, 5.41) is 11.7. The van der Waals surface area contributed by atoms with Crippen molar-refractivity contribution < 1.29 is 18.3 Å². The summed E-state index contributed by atoms with van der Waals surface area (Å²) >= 11 is 0. The van der Waals surface area contributed by atoms with Crippen LogP contribution >= 0.6 is 0 Å². The predicted molar refractivity (Wildman–Crippen MR) is 56.4 cm³/mol. The summed E-state index contributed by atoms with van der Waals surface area (Å²) in [6.07, 6.45) is -2.60. The molecule has 1 atom stereocenters. The van der Waals surface area contributed by atoms with E-state index in [9.17, 15) is 13.2 Å². The van der Waals surface area contributed by atoms with Gasteiger partial charge in [-0.15, -0.1) is 0 Å². The summed E-state index contributed by atoms with van der Waals surface area (Å²) in [7, 11) is 0. The minimum atomic E-state index is -4.46. The molecular formula is C10H14F3N3O. The average Bonchev–Trinajstić information content (AvgIpc) is 2.23. The van der Waals surface area contributed by atoms with Gasteiger partial charge >= 0.3 is 6.18 Å². The van der Waals surface area contributed by atoms with Crippen molar-refractivity contribution >= 4 is 5.95 Å². The molecule has 0 aliphatic carbocycles. The lowest BCUT2D eigenvalue weighted by atomic mass is 10.2. The monoisotopic (exact) mass is 249 g/mol. The Bertz CT molecular complexity index is 355. The molecule has 0 spiro atoms. The molecular weight excluding hydrogens is 235 g/mol. The highest BCUT2D eigenvalue weighted by atomic mass is 19.4. The van der Waals surface area contributed by atoms with Gasteiger partial charge in [0.15, 0.2) is 0 Å². The zero-order valence-electron chi connectivity index (χ0n) is 9.33. The smallest absolute Gasteiger partial charge is 0.393 e. The van der Waals surface area contributed by atoms with Crippen LogP contribution in [0.1, 0.15) is 25.5 Å². The fourth-order valence-corrected chi connectivity index (χ4v) is 1.20. The van der Waals surface area contributed by atoms with E-state index in [0.29, 0.717) is 19.4 Å². The SMILES string of the molecule is CC(O)CCCNc1nccc(C(F)(F)F)n1. The largest absolute Gasteiger partial charge is 0.433 e. The van der Waals surface area contributed by atoms with Gasteiger partial charge in [-0.25, -0.2) is 9.97 Å². The molecule has 1 heterocycles. The standard InChI is InChI=1S/C10H14F3N3O/c1-7(17)3-2-5-14-9-15-6-4-8(16-9)10(11,12)13/h4,6-7,17H,2-3,5H2,1H3,(H,14,15,16). The maximum atomic E-state index is 12.3. The molecule has 0 aliphatic rings. The molecule has 0 radical (unpaired) electrons. The van der Waals surface area contributed by atoms with Gasteiger partial charge in [0.05, 0.1) is 6.10 Å². The number of aliphatic hydroxyl groups is 1. The fraction of sp³-hybridized carbons (Fsp3) is 0.600. The normalized spacial score (nSPS) is 13.5. The van der Waals surface area contributed by atoms with Crippen molar-refractivity contribution in [1.29, 1.82) is 0 Å². The first-order valence-electron chi connectivity index (χ1n) is 5.22. The second kappa shape index (κ2) is 5.81. The first kappa shape index (κ1) is 13.7. The Labute approximate surface area is 96.9 Å². The van der Waals surface area contributed by atoms with Crippen LogP contribution in [0.2, 0.25) is 0 Å². The van der Waals surface area contributed by atoms with Crippen LogP contribution in [0.5, 0.6) is 0 Å². The van der Waals surface area contributed by atoms with Crippen molar-refractivity contribution in [1.82, 2.24) is 9.97 Å². The van der Waals surface area contributed by atoms with Gasteiger partial charge in [-0.2, -0.15) is 13.2 Å². The first-order chi connectivity index (χ1) is 7.89. The summed E-state index contributed by atoms with van der Waals surface area (Å²) < 4.78 is 36.9. The topological polar surface area (TPSA) is 58.0 Å². The number of hydrogen-bond acceptors (Lipinski definition) is 4. The highest BCUT2D eigenvalue weighted by molar-refractivity contribution is 5.25. The molecule has 7 heteroatoms. The molecule has 4 nitrogen and oxygen atoms in total. The third kappa shape index (κ3) is 4.99. The highest BCUT2D eigenvalue weighted by Crippen LogP contribution is 2.27. The van der Waals surface area contributed by atoms with Gasteiger partial charge < -0.3 is 10.4 Å². The van der Waals surface area contributed by atoms with Crippen LogP contribution in [-0.2, 0) is 6.18 Å². The predicted octanol–water partition coefficient (Wildman–Crippen LogP) is 2.07. The summed E-state index contributed by atoms with van der Waals surface area (Å²) in [5.41, 5.74) is -0.967. The number of rotatable bonds is 5. The second-order valence-electron chi connectivity index (χ2n) is 3.68. The van der Waals surface area contributed by atoms with Crippen LogP contribution in [0.15, 0.2) is 12.3 Å². The van der Waals surface area contributed by atoms with Gasteiger partial charge in [0, 0.05) is 12.7 Å². The molecule has 1 unspecified atom stereocenters. The molecule has 1 aromatic heterocycles. The van der Waals surface area contributed by atoms with Gasteiger partial charge in [0.25, 0.3) is 0 Å². The molecule has 0 amide bonds. The number of aromatic nitrogens is 2. The minimum absolute atomic E-state index is 0.0505. The Morgan fingerprint density at radius 1 is 1.47 bits per heavy atom. The molecule has 17 heavy (non-hydrogen) atoms. The van der Waals surface area contributed by atoms with Crippen molar-refractivity contribution in [3.8, 4) is 0 Å². The lowest BCUT2D eigenvalue weighted by molar-refractivity contribution is -0.141. The van der Waals surface area contributed by atoms with Crippen LogP contribution in [0.4, 0.5) is 19.1 Å². The third-order valence-corrected chi connectivity index (χ3v) is 2.03. The molecule has 0 saturated carbocycles. The molecule has 0 aromatic carbocycles. The third-order valence-electron chi connectivity index (χ3n) is 2.03. The minimum Gasteiger partial charge on any atom is -0.393 e. The summed E-state index contributed by atoms with van der Waals surface area (Å²) in [4.78, 5) is 7.04. The fourth-order valence-electron chi connectivity index (χ4n) is 1.20. The number of alkyl halides is 3. The Morgan fingerprint density at radius 3 is 2.76 bits per heavy atom. The van der Waals surface area contributed by atoms with E-state index in [4.69, 9.17) is 5.11 Å². The van der Waals surface area contributed by atoms with Crippen LogP contribution in [0.25, 0.3) is 0 Å². The van der Waals surface area contributed by atoms with E-state index in [-0.39, 0.29) is 5.95 Å². The molecule has 0 saturated heterocycles. The Hall–Kier alpha value is -1.37. The van der Waals surface area contributed by atoms with Gasteiger partial charge in [0.2, 0.25) is 5.95 Å². The Balaban J connectivity index is 2.49. The van der Waals surface area contributed by atoms with Crippen molar-refractivity contribution in [2.75, 3.05) is 11.9 Å². The van der Waals surface area contributed by atoms with Crippen molar-refractivity contribution in [3.05, 3.63) is 18.0 Å². The number of anilines is 1. The van der Waals surface area contributed by atoms with Gasteiger partial charge in [-0.3, -0.25) is 0 Å². The first-order valence-corrected chi connectivity index (χ1v) is 5.22. The second-order valence-corrected chi connectivity index (χ2v) is 3.68. The van der Waals surface area contributed by atoms with Gasteiger partial charge in [0.1, 0.15) is 5.69 Å². The summed E-state index contributed by atoms with van der Waals surface area (Å²) in [5.74, 6) is -0.0505. The molecule has 0 fully saturated rings. The number of halogens is 3. The van der Waals surface area contributed by atoms with Crippen molar-refractivity contribution in [3.63, 3.8) is 0 Å². The lowest BCUT2D eigenvalue weighted by Gasteiger charge is -2.08. The van der Waals surface area contributed by atoms with E-state index in [1.165, 1.54) is 0 Å². The van der Waals surface area contributed by atoms with Crippen molar-refractivity contribution in [2.45, 2.75) is 32.0 Å². The number of hydrogen-bond donors (Lipinski definition) is 2. The molecule has 96 valence electrons. The quantitative estimate of drug-likeness (QED) is 0.784. The van der Waals surface area contributed by atoms with E-state index in [1.54, 1.807) is 6.92 Å². The zero-order chi connectivity index (χ0) is 12.9. The molecule has 2 N–H and O–H groups in total. The molecule has 1 rings (SSSR count). The highest BCUT2D eigenvalue weighted by Gasteiger charge is 2.32. The van der Waals surface area contributed by atoms with Crippen molar-refractivity contribution in [2.24, 2.45) is 0 Å². The Kier molecular flexibility index (Phi) is 4.68. The van der Waals surface area contributed by atoms with Gasteiger partial charge in [-0.1, -0.05) is 0 Å². The molecule has 0 aliphatic heterocycles. The van der Waals surface area contributed by atoms with Crippen LogP contribution < -0.4 is 5.32 Å². The van der Waals surface area contributed by atoms with Crippen LogP contribution in [-0.4, -0.2) is 27.7 Å². The average molecular weight is 249 g/mol. The zero-order valence-corrected chi connectivity index (χ0v) is 9.33. The maximum absolute atomic E-state index is 12.3. The molecule has 1 aromatic rings. The van der Waals surface area contributed by atoms with E-state index >= 15 is 0 Å². The summed E-state index contributed by atoms with van der Waals surface area (Å²) in [6.45, 7) is 2.08. The van der Waals surface area contributed by atoms with Crippen LogP contribution in [0, 0.1) is 0 Å². The Morgan fingerprint density at radius 2 is 2.18 bits per heavy atom.